The topological polar surface area (TPSA) is 104 Å². The van der Waals surface area contributed by atoms with Crippen molar-refractivity contribution in [2.75, 3.05) is 0 Å². The van der Waals surface area contributed by atoms with Crippen molar-refractivity contribution in [1.29, 1.82) is 0 Å². The third-order valence-corrected chi connectivity index (χ3v) is 3.20. The molecular weight excluding hydrogens is 276 g/mol. The number of ketones is 2. The largest absolute Gasteiger partial charge is 0.508 e. The molecule has 0 atom stereocenters. The van der Waals surface area contributed by atoms with Crippen molar-refractivity contribution in [3.63, 3.8) is 0 Å². The summed E-state index contributed by atoms with van der Waals surface area (Å²) in [6.07, 6.45) is 4.56. The van der Waals surface area contributed by atoms with E-state index in [0.29, 0.717) is 5.57 Å². The van der Waals surface area contributed by atoms with Gasteiger partial charge < -0.3 is 20.1 Å². The van der Waals surface area contributed by atoms with Crippen LogP contribution in [0.3, 0.4) is 0 Å². The van der Waals surface area contributed by atoms with Crippen LogP contribution >= 0.6 is 0 Å². The third kappa shape index (κ3) is 2.06. The summed E-state index contributed by atoms with van der Waals surface area (Å²) < 4.78 is 5.38. The highest BCUT2D eigenvalue weighted by atomic mass is 16.5. The molecule has 1 aromatic carbocycles. The lowest BCUT2D eigenvalue weighted by atomic mass is 9.96. The maximum Gasteiger partial charge on any atom is 0.269 e. The van der Waals surface area contributed by atoms with Crippen molar-refractivity contribution < 1.29 is 29.6 Å². The lowest BCUT2D eigenvalue weighted by Gasteiger charge is -2.21. The van der Waals surface area contributed by atoms with E-state index in [-0.39, 0.29) is 35.0 Å². The molecule has 21 heavy (non-hydrogen) atoms. The van der Waals surface area contributed by atoms with Gasteiger partial charge in [0, 0.05) is 17.7 Å². The minimum atomic E-state index is -0.900. The molecule has 6 heteroatoms. The van der Waals surface area contributed by atoms with Crippen LogP contribution in [0.5, 0.6) is 17.2 Å². The van der Waals surface area contributed by atoms with Crippen LogP contribution in [0.25, 0.3) is 0 Å². The molecule has 1 heterocycles. The van der Waals surface area contributed by atoms with E-state index in [1.807, 2.05) is 0 Å². The van der Waals surface area contributed by atoms with E-state index in [9.17, 15) is 24.9 Å². The minimum Gasteiger partial charge on any atom is -0.508 e. The van der Waals surface area contributed by atoms with Gasteiger partial charge in [-0.2, -0.15) is 0 Å². The molecule has 2 aliphatic rings. The quantitative estimate of drug-likeness (QED) is 0.497. The fourth-order valence-corrected chi connectivity index (χ4v) is 2.18. The van der Waals surface area contributed by atoms with E-state index in [1.54, 1.807) is 0 Å². The van der Waals surface area contributed by atoms with Crippen LogP contribution in [0.1, 0.15) is 16.8 Å². The monoisotopic (exact) mass is 286 g/mol. The Labute approximate surface area is 118 Å². The van der Waals surface area contributed by atoms with E-state index in [1.165, 1.54) is 18.2 Å². The van der Waals surface area contributed by atoms with Gasteiger partial charge in [0.15, 0.2) is 5.76 Å². The van der Waals surface area contributed by atoms with Gasteiger partial charge in [0.1, 0.15) is 28.6 Å². The summed E-state index contributed by atoms with van der Waals surface area (Å²) in [4.78, 5) is 24.2. The number of phenolic OH excluding ortho intramolecular Hbond substituents is 2. The van der Waals surface area contributed by atoms with Gasteiger partial charge in [0.05, 0.1) is 0 Å². The van der Waals surface area contributed by atoms with E-state index >= 15 is 0 Å². The predicted molar refractivity (Wildman–Crippen MR) is 71.2 cm³/mol. The Bertz CT molecular complexity index is 767. The highest BCUT2D eigenvalue weighted by Gasteiger charge is 2.35. The van der Waals surface area contributed by atoms with Gasteiger partial charge in [0.2, 0.25) is 5.78 Å². The molecule has 0 radical (unpaired) electrons. The minimum absolute atomic E-state index is 0.0598. The number of phenols is 2. The number of hydrogen-bond acceptors (Lipinski definition) is 6. The first-order valence-corrected chi connectivity index (χ1v) is 6.10. The number of benzene rings is 1. The molecule has 1 aliphatic carbocycles. The van der Waals surface area contributed by atoms with Gasteiger partial charge in [0.25, 0.3) is 5.78 Å². The predicted octanol–water partition coefficient (Wildman–Crippen LogP) is 1.90. The summed E-state index contributed by atoms with van der Waals surface area (Å²) in [5.74, 6) is -2.76. The molecule has 0 saturated heterocycles. The maximum absolute atomic E-state index is 12.1. The van der Waals surface area contributed by atoms with E-state index in [2.05, 4.69) is 0 Å². The summed E-state index contributed by atoms with van der Waals surface area (Å²) in [6.45, 7) is 0. The van der Waals surface area contributed by atoms with Crippen LogP contribution in [-0.2, 0) is 4.79 Å². The second-order valence-electron chi connectivity index (χ2n) is 4.62. The zero-order valence-electron chi connectivity index (χ0n) is 10.7. The highest BCUT2D eigenvalue weighted by Crippen LogP contribution is 2.38. The maximum atomic E-state index is 12.1. The molecule has 1 aromatic rings. The molecule has 1 aliphatic heterocycles. The van der Waals surface area contributed by atoms with Crippen LogP contribution in [-0.4, -0.2) is 26.9 Å². The van der Waals surface area contributed by atoms with Crippen molar-refractivity contribution in [2.24, 2.45) is 0 Å². The van der Waals surface area contributed by atoms with Gasteiger partial charge in [-0.1, -0.05) is 6.08 Å². The van der Waals surface area contributed by atoms with Crippen LogP contribution in [0.4, 0.5) is 0 Å². The van der Waals surface area contributed by atoms with Crippen molar-refractivity contribution >= 4 is 11.6 Å². The van der Waals surface area contributed by atoms with Crippen LogP contribution in [0.15, 0.2) is 47.5 Å². The van der Waals surface area contributed by atoms with E-state index in [4.69, 9.17) is 4.74 Å². The molecule has 3 N–H and O–H groups in total. The third-order valence-electron chi connectivity index (χ3n) is 3.20. The van der Waals surface area contributed by atoms with Crippen LogP contribution in [0.2, 0.25) is 0 Å². The number of aliphatic hydroxyl groups excluding tert-OH is 1. The van der Waals surface area contributed by atoms with Gasteiger partial charge in [-0.25, -0.2) is 0 Å². The van der Waals surface area contributed by atoms with Crippen LogP contribution in [0, 0.1) is 0 Å². The zero-order valence-corrected chi connectivity index (χ0v) is 10.7. The number of allylic oxidation sites excluding steroid dienone is 5. The summed E-state index contributed by atoms with van der Waals surface area (Å²) in [5.41, 5.74) is 0.167. The molecule has 0 bridgehead atoms. The fraction of sp³-hybridized carbons (Fsp3) is 0.0667. The molecule has 0 saturated carbocycles. The van der Waals surface area contributed by atoms with Gasteiger partial charge in [-0.05, 0) is 18.6 Å². The Morgan fingerprint density at radius 3 is 2.43 bits per heavy atom. The fourth-order valence-electron chi connectivity index (χ4n) is 2.18. The van der Waals surface area contributed by atoms with E-state index in [0.717, 1.165) is 12.1 Å². The summed E-state index contributed by atoms with van der Waals surface area (Å²) in [7, 11) is 0. The molecule has 106 valence electrons. The van der Waals surface area contributed by atoms with Gasteiger partial charge in [-0.3, -0.25) is 9.59 Å². The van der Waals surface area contributed by atoms with E-state index < -0.39 is 17.3 Å². The Balaban J connectivity index is 2.13. The second-order valence-corrected chi connectivity index (χ2v) is 4.62. The second kappa shape index (κ2) is 4.52. The summed E-state index contributed by atoms with van der Waals surface area (Å²) in [5, 5.41) is 28.4. The zero-order chi connectivity index (χ0) is 15.1. The SMILES string of the molecule is O=C1C(=O)c2c(O)cc(O)cc2OC1=C1C=CC(O)=CC1. The molecule has 0 amide bonds. The number of hydrogen-bond donors (Lipinski definition) is 3. The highest BCUT2D eigenvalue weighted by molar-refractivity contribution is 6.50. The first-order valence-electron chi connectivity index (χ1n) is 6.10. The molecule has 0 unspecified atom stereocenters. The van der Waals surface area contributed by atoms with Gasteiger partial charge >= 0.3 is 0 Å². The van der Waals surface area contributed by atoms with Crippen molar-refractivity contribution in [3.8, 4) is 17.2 Å². The molecular formula is C15H10O6. The smallest absolute Gasteiger partial charge is 0.269 e. The van der Waals surface area contributed by atoms with Crippen LogP contribution < -0.4 is 4.74 Å². The first kappa shape index (κ1) is 13.0. The lowest BCUT2D eigenvalue weighted by Crippen LogP contribution is -2.27. The van der Waals surface area contributed by atoms with Crippen molar-refractivity contribution in [3.05, 3.63) is 53.0 Å². The van der Waals surface area contributed by atoms with Crippen molar-refractivity contribution in [1.82, 2.24) is 0 Å². The van der Waals surface area contributed by atoms with Gasteiger partial charge in [-0.15, -0.1) is 0 Å². The Hall–Kier alpha value is -3.02. The number of aliphatic hydroxyl groups is 1. The Kier molecular flexibility index (Phi) is 2.79. The number of aromatic hydroxyl groups is 2. The average molecular weight is 286 g/mol. The number of carbonyl (C=O) groups is 2. The first-order chi connectivity index (χ1) is 9.97. The number of fused-ring (bicyclic) bond motifs is 1. The lowest BCUT2D eigenvalue weighted by molar-refractivity contribution is -0.114. The van der Waals surface area contributed by atoms with Crippen molar-refractivity contribution in [2.45, 2.75) is 6.42 Å². The molecule has 3 rings (SSSR count). The summed E-state index contributed by atoms with van der Waals surface area (Å²) in [6, 6.07) is 2.12. The summed E-state index contributed by atoms with van der Waals surface area (Å²) >= 11 is 0. The normalized spacial score (nSPS) is 20.9. The molecule has 0 aromatic heterocycles. The number of carbonyl (C=O) groups excluding carboxylic acids is 2. The molecule has 0 spiro atoms. The number of Topliss-reactive ketones (excluding diaryl/α,β-unsaturated/α-hetero) is 2. The average Bonchev–Trinajstić information content (AvgIpc) is 2.43. The number of ether oxygens (including phenoxy) is 1. The number of rotatable bonds is 0. The molecule has 0 fully saturated rings. The standard InChI is InChI=1S/C15H10O6/c16-8-3-1-7(2-4-8)15-14(20)13(19)12-10(18)5-9(17)6-11(12)21-15/h1,3-6,16-18H,2H2. The Morgan fingerprint density at radius 2 is 1.76 bits per heavy atom. The molecule has 6 nitrogen and oxygen atoms in total. The Morgan fingerprint density at radius 1 is 1.00 bits per heavy atom.